The van der Waals surface area contributed by atoms with Crippen molar-refractivity contribution in [1.29, 1.82) is 0 Å². The Bertz CT molecular complexity index is 567. The Balaban J connectivity index is 1.49. The lowest BCUT2D eigenvalue weighted by Crippen LogP contribution is -2.48. The van der Waals surface area contributed by atoms with Crippen molar-refractivity contribution >= 4 is 11.8 Å². The Labute approximate surface area is 143 Å². The molecule has 2 atom stereocenters. The summed E-state index contributed by atoms with van der Waals surface area (Å²) in [6.45, 7) is 2.07. The SMILES string of the molecule is NC[C@H]1CCC[C@H]1C(=O)N1CCC(NC(=O)c2ccccc2)CC1. The molecule has 1 aromatic carbocycles. The number of hydrogen-bond acceptors (Lipinski definition) is 3. The summed E-state index contributed by atoms with van der Waals surface area (Å²) in [7, 11) is 0. The van der Waals surface area contributed by atoms with Gasteiger partial charge in [0.05, 0.1) is 0 Å². The van der Waals surface area contributed by atoms with Gasteiger partial charge in [-0.25, -0.2) is 0 Å². The molecule has 3 N–H and O–H groups in total. The molecular formula is C19H27N3O2. The molecule has 130 valence electrons. The van der Waals surface area contributed by atoms with Crippen molar-refractivity contribution in [2.24, 2.45) is 17.6 Å². The molecule has 0 spiro atoms. The standard InChI is InChI=1S/C19H27N3O2/c20-13-15-7-4-8-17(15)19(24)22-11-9-16(10-12-22)21-18(23)14-5-2-1-3-6-14/h1-3,5-6,15-17H,4,7-13,20H2,(H,21,23)/t15-,17-/m1/s1. The third-order valence-corrected chi connectivity index (χ3v) is 5.46. The van der Waals surface area contributed by atoms with Gasteiger partial charge in [0.1, 0.15) is 0 Å². The molecule has 5 heteroatoms. The van der Waals surface area contributed by atoms with Crippen LogP contribution in [0.4, 0.5) is 0 Å². The van der Waals surface area contributed by atoms with Crippen LogP contribution in [0.15, 0.2) is 30.3 Å². The minimum absolute atomic E-state index is 0.0284. The van der Waals surface area contributed by atoms with E-state index in [9.17, 15) is 9.59 Å². The first-order chi connectivity index (χ1) is 11.7. The Hall–Kier alpha value is -1.88. The minimum atomic E-state index is -0.0284. The van der Waals surface area contributed by atoms with Crippen LogP contribution in [-0.4, -0.2) is 42.4 Å². The maximum Gasteiger partial charge on any atom is 0.251 e. The van der Waals surface area contributed by atoms with E-state index in [4.69, 9.17) is 5.73 Å². The van der Waals surface area contributed by atoms with Crippen LogP contribution >= 0.6 is 0 Å². The quantitative estimate of drug-likeness (QED) is 0.884. The van der Waals surface area contributed by atoms with E-state index in [1.165, 1.54) is 0 Å². The monoisotopic (exact) mass is 329 g/mol. The van der Waals surface area contributed by atoms with Gasteiger partial charge in [-0.15, -0.1) is 0 Å². The number of carbonyl (C=O) groups excluding carboxylic acids is 2. The second kappa shape index (κ2) is 7.79. The van der Waals surface area contributed by atoms with Crippen LogP contribution in [0.1, 0.15) is 42.5 Å². The predicted molar refractivity (Wildman–Crippen MR) is 93.4 cm³/mol. The molecule has 0 bridgehead atoms. The predicted octanol–water partition coefficient (Wildman–Crippen LogP) is 1.78. The second-order valence-corrected chi connectivity index (χ2v) is 6.97. The molecule has 0 unspecified atom stereocenters. The molecule has 2 amide bonds. The molecule has 0 aromatic heterocycles. The first-order valence-electron chi connectivity index (χ1n) is 9.04. The van der Waals surface area contributed by atoms with Crippen molar-refractivity contribution in [3.05, 3.63) is 35.9 Å². The topological polar surface area (TPSA) is 75.4 Å². The van der Waals surface area contributed by atoms with E-state index in [1.54, 1.807) is 0 Å². The Morgan fingerprint density at radius 2 is 1.79 bits per heavy atom. The fourth-order valence-electron chi connectivity index (χ4n) is 3.98. The first-order valence-corrected chi connectivity index (χ1v) is 9.04. The van der Waals surface area contributed by atoms with E-state index in [2.05, 4.69) is 5.32 Å². The highest BCUT2D eigenvalue weighted by molar-refractivity contribution is 5.94. The summed E-state index contributed by atoms with van der Waals surface area (Å²) in [6, 6.07) is 9.42. The molecule has 24 heavy (non-hydrogen) atoms. The number of benzene rings is 1. The third kappa shape index (κ3) is 3.78. The fraction of sp³-hybridized carbons (Fsp3) is 0.579. The lowest BCUT2D eigenvalue weighted by molar-refractivity contribution is -0.137. The molecule has 1 aliphatic carbocycles. The number of rotatable bonds is 4. The molecular weight excluding hydrogens is 302 g/mol. The third-order valence-electron chi connectivity index (χ3n) is 5.46. The highest BCUT2D eigenvalue weighted by Gasteiger charge is 2.36. The average Bonchev–Trinajstić information content (AvgIpc) is 3.11. The lowest BCUT2D eigenvalue weighted by Gasteiger charge is -2.35. The van der Waals surface area contributed by atoms with Crippen molar-refractivity contribution in [1.82, 2.24) is 10.2 Å². The molecule has 1 saturated carbocycles. The van der Waals surface area contributed by atoms with E-state index in [0.29, 0.717) is 18.0 Å². The highest BCUT2D eigenvalue weighted by atomic mass is 16.2. The van der Waals surface area contributed by atoms with E-state index in [1.807, 2.05) is 35.2 Å². The van der Waals surface area contributed by atoms with E-state index < -0.39 is 0 Å². The van der Waals surface area contributed by atoms with E-state index in [0.717, 1.165) is 45.2 Å². The summed E-state index contributed by atoms with van der Waals surface area (Å²) in [6.07, 6.45) is 4.82. The van der Waals surface area contributed by atoms with Gasteiger partial charge < -0.3 is 16.0 Å². The zero-order chi connectivity index (χ0) is 16.9. The maximum atomic E-state index is 12.7. The molecule has 2 aliphatic rings. The Morgan fingerprint density at radius 3 is 2.46 bits per heavy atom. The van der Waals surface area contributed by atoms with Crippen LogP contribution in [0.3, 0.4) is 0 Å². The van der Waals surface area contributed by atoms with Crippen LogP contribution in [0.2, 0.25) is 0 Å². The van der Waals surface area contributed by atoms with Gasteiger partial charge >= 0.3 is 0 Å². The number of hydrogen-bond donors (Lipinski definition) is 2. The van der Waals surface area contributed by atoms with Gasteiger partial charge in [-0.2, -0.15) is 0 Å². The minimum Gasteiger partial charge on any atom is -0.349 e. The van der Waals surface area contributed by atoms with Gasteiger partial charge in [0.2, 0.25) is 5.91 Å². The molecule has 3 rings (SSSR count). The number of nitrogens with one attached hydrogen (secondary N) is 1. The van der Waals surface area contributed by atoms with Crippen LogP contribution in [-0.2, 0) is 4.79 Å². The zero-order valence-corrected chi connectivity index (χ0v) is 14.1. The van der Waals surface area contributed by atoms with Gasteiger partial charge in [0, 0.05) is 30.6 Å². The van der Waals surface area contributed by atoms with Crippen molar-refractivity contribution in [2.75, 3.05) is 19.6 Å². The summed E-state index contributed by atoms with van der Waals surface area (Å²) >= 11 is 0. The number of amides is 2. The highest BCUT2D eigenvalue weighted by Crippen LogP contribution is 2.33. The number of nitrogens with two attached hydrogens (primary N) is 1. The van der Waals surface area contributed by atoms with Gasteiger partial charge in [-0.05, 0) is 50.3 Å². The molecule has 1 aliphatic heterocycles. The van der Waals surface area contributed by atoms with Gasteiger partial charge in [-0.3, -0.25) is 9.59 Å². The summed E-state index contributed by atoms with van der Waals surface area (Å²) in [5.41, 5.74) is 6.49. The number of carbonyl (C=O) groups is 2. The summed E-state index contributed by atoms with van der Waals surface area (Å²) in [5, 5.41) is 3.09. The number of likely N-dealkylation sites (tertiary alicyclic amines) is 1. The van der Waals surface area contributed by atoms with E-state index in [-0.39, 0.29) is 23.8 Å². The van der Waals surface area contributed by atoms with Crippen molar-refractivity contribution < 1.29 is 9.59 Å². The van der Waals surface area contributed by atoms with Crippen molar-refractivity contribution in [3.63, 3.8) is 0 Å². The molecule has 0 radical (unpaired) electrons. The van der Waals surface area contributed by atoms with Gasteiger partial charge in [0.25, 0.3) is 5.91 Å². The van der Waals surface area contributed by atoms with Crippen molar-refractivity contribution in [2.45, 2.75) is 38.1 Å². The van der Waals surface area contributed by atoms with Gasteiger partial charge in [-0.1, -0.05) is 24.6 Å². The van der Waals surface area contributed by atoms with Crippen LogP contribution in [0, 0.1) is 11.8 Å². The normalized spacial score (nSPS) is 24.8. The molecule has 5 nitrogen and oxygen atoms in total. The van der Waals surface area contributed by atoms with Crippen molar-refractivity contribution in [3.8, 4) is 0 Å². The summed E-state index contributed by atoms with van der Waals surface area (Å²) in [5.74, 6) is 0.716. The zero-order valence-electron chi connectivity index (χ0n) is 14.1. The molecule has 1 heterocycles. The number of piperidine rings is 1. The first kappa shape index (κ1) is 17.0. The van der Waals surface area contributed by atoms with Crippen LogP contribution in [0.25, 0.3) is 0 Å². The Morgan fingerprint density at radius 1 is 1.08 bits per heavy atom. The smallest absolute Gasteiger partial charge is 0.251 e. The summed E-state index contributed by atoms with van der Waals surface area (Å²) in [4.78, 5) is 26.9. The average molecular weight is 329 g/mol. The molecule has 1 aromatic rings. The van der Waals surface area contributed by atoms with Crippen LogP contribution in [0.5, 0.6) is 0 Å². The summed E-state index contributed by atoms with van der Waals surface area (Å²) < 4.78 is 0. The van der Waals surface area contributed by atoms with E-state index >= 15 is 0 Å². The Kier molecular flexibility index (Phi) is 5.51. The second-order valence-electron chi connectivity index (χ2n) is 6.97. The fourth-order valence-corrected chi connectivity index (χ4v) is 3.98. The number of nitrogens with zero attached hydrogens (tertiary/aromatic N) is 1. The largest absolute Gasteiger partial charge is 0.349 e. The van der Waals surface area contributed by atoms with Crippen LogP contribution < -0.4 is 11.1 Å². The molecule has 1 saturated heterocycles. The lowest BCUT2D eigenvalue weighted by atomic mass is 9.93. The van der Waals surface area contributed by atoms with Gasteiger partial charge in [0.15, 0.2) is 0 Å². The maximum absolute atomic E-state index is 12.7. The molecule has 2 fully saturated rings.